The summed E-state index contributed by atoms with van der Waals surface area (Å²) in [7, 11) is 1.70. The summed E-state index contributed by atoms with van der Waals surface area (Å²) < 4.78 is 0. The smallest absolute Gasteiger partial charge is 0.282 e. The van der Waals surface area contributed by atoms with Gasteiger partial charge in [-0.25, -0.2) is 0 Å². The van der Waals surface area contributed by atoms with Crippen LogP contribution in [0.3, 0.4) is 0 Å². The highest BCUT2D eigenvalue weighted by Crippen LogP contribution is 2.22. The lowest BCUT2D eigenvalue weighted by Crippen LogP contribution is -2.30. The minimum absolute atomic E-state index is 0.0813. The third kappa shape index (κ3) is 3.94. The Morgan fingerprint density at radius 3 is 2.50 bits per heavy atom. The van der Waals surface area contributed by atoms with Gasteiger partial charge in [0.25, 0.3) is 11.6 Å². The Hall–Kier alpha value is -2.11. The molecule has 1 rings (SSSR count). The minimum atomic E-state index is -0.541. The number of amides is 1. The average molecular weight is 279 g/mol. The Morgan fingerprint density at radius 2 is 2.00 bits per heavy atom. The Kier molecular flexibility index (Phi) is 5.49. The quantitative estimate of drug-likeness (QED) is 0.619. The molecule has 6 heteroatoms. The van der Waals surface area contributed by atoms with E-state index >= 15 is 0 Å². The Balaban J connectivity index is 2.93. The second-order valence-electron chi connectivity index (χ2n) is 5.17. The SMILES string of the molecule is CNc1ccc([N+](=O)[O-])c(C(=O)NCC(C)C(C)C)c1. The number of nitrogens with one attached hydrogen (secondary N) is 2. The molecule has 6 nitrogen and oxygen atoms in total. The number of benzene rings is 1. The molecule has 0 aliphatic rings. The lowest BCUT2D eigenvalue weighted by atomic mass is 9.98. The third-order valence-corrected chi connectivity index (χ3v) is 3.45. The molecule has 0 radical (unpaired) electrons. The summed E-state index contributed by atoms with van der Waals surface area (Å²) in [6, 6.07) is 4.41. The van der Waals surface area contributed by atoms with Gasteiger partial charge in [-0.2, -0.15) is 0 Å². The van der Waals surface area contributed by atoms with Gasteiger partial charge in [0.2, 0.25) is 0 Å². The summed E-state index contributed by atoms with van der Waals surface area (Å²) in [5, 5.41) is 16.6. The van der Waals surface area contributed by atoms with Crippen molar-refractivity contribution in [1.82, 2.24) is 5.32 Å². The number of nitrogens with zero attached hydrogens (tertiary/aromatic N) is 1. The van der Waals surface area contributed by atoms with Gasteiger partial charge in [0.05, 0.1) is 4.92 Å². The summed E-state index contributed by atoms with van der Waals surface area (Å²) in [5.74, 6) is 0.334. The topological polar surface area (TPSA) is 84.3 Å². The first-order valence-electron chi connectivity index (χ1n) is 6.61. The van der Waals surface area contributed by atoms with Crippen molar-refractivity contribution in [2.75, 3.05) is 18.9 Å². The van der Waals surface area contributed by atoms with Crippen molar-refractivity contribution in [2.45, 2.75) is 20.8 Å². The molecular formula is C14H21N3O3. The Morgan fingerprint density at radius 1 is 1.35 bits per heavy atom. The molecule has 0 fully saturated rings. The van der Waals surface area contributed by atoms with Gasteiger partial charge in [-0.15, -0.1) is 0 Å². The average Bonchev–Trinajstić information content (AvgIpc) is 2.43. The second kappa shape index (κ2) is 6.88. The van der Waals surface area contributed by atoms with Gasteiger partial charge in [0.1, 0.15) is 5.56 Å². The fraction of sp³-hybridized carbons (Fsp3) is 0.500. The maximum absolute atomic E-state index is 12.1. The van der Waals surface area contributed by atoms with E-state index in [4.69, 9.17) is 0 Å². The number of nitro groups is 1. The van der Waals surface area contributed by atoms with Crippen LogP contribution in [0, 0.1) is 22.0 Å². The van der Waals surface area contributed by atoms with Gasteiger partial charge in [-0.3, -0.25) is 14.9 Å². The van der Waals surface area contributed by atoms with Crippen molar-refractivity contribution in [3.8, 4) is 0 Å². The van der Waals surface area contributed by atoms with E-state index in [0.29, 0.717) is 24.1 Å². The van der Waals surface area contributed by atoms with Crippen molar-refractivity contribution in [3.63, 3.8) is 0 Å². The molecule has 0 aliphatic heterocycles. The molecule has 0 aliphatic carbocycles. The zero-order valence-electron chi connectivity index (χ0n) is 12.3. The zero-order valence-corrected chi connectivity index (χ0v) is 12.3. The van der Waals surface area contributed by atoms with E-state index in [0.717, 1.165) is 0 Å². The van der Waals surface area contributed by atoms with E-state index in [9.17, 15) is 14.9 Å². The van der Waals surface area contributed by atoms with Crippen molar-refractivity contribution in [3.05, 3.63) is 33.9 Å². The maximum Gasteiger partial charge on any atom is 0.282 e. The van der Waals surface area contributed by atoms with Crippen molar-refractivity contribution in [2.24, 2.45) is 11.8 Å². The number of nitro benzene ring substituents is 1. The van der Waals surface area contributed by atoms with Gasteiger partial charge in [-0.05, 0) is 24.0 Å². The van der Waals surface area contributed by atoms with Crippen LogP contribution in [0.2, 0.25) is 0 Å². The largest absolute Gasteiger partial charge is 0.388 e. The van der Waals surface area contributed by atoms with E-state index in [1.54, 1.807) is 13.1 Å². The van der Waals surface area contributed by atoms with Crippen LogP contribution >= 0.6 is 0 Å². The summed E-state index contributed by atoms with van der Waals surface area (Å²) in [5.41, 5.74) is 0.564. The molecule has 0 saturated heterocycles. The third-order valence-electron chi connectivity index (χ3n) is 3.45. The number of carbonyl (C=O) groups is 1. The molecule has 1 amide bonds. The number of hydrogen-bond donors (Lipinski definition) is 2. The predicted molar refractivity (Wildman–Crippen MR) is 79.0 cm³/mol. The van der Waals surface area contributed by atoms with Gasteiger partial charge in [-0.1, -0.05) is 20.8 Å². The number of rotatable bonds is 6. The molecule has 0 bridgehead atoms. The first-order valence-corrected chi connectivity index (χ1v) is 6.61. The highest BCUT2D eigenvalue weighted by atomic mass is 16.6. The van der Waals surface area contributed by atoms with Crippen LogP contribution in [-0.4, -0.2) is 24.4 Å². The molecule has 1 unspecified atom stereocenters. The lowest BCUT2D eigenvalue weighted by Gasteiger charge is -2.16. The molecule has 0 spiro atoms. The van der Waals surface area contributed by atoms with E-state index < -0.39 is 10.8 Å². The van der Waals surface area contributed by atoms with Crippen LogP contribution in [0.1, 0.15) is 31.1 Å². The Labute approximate surface area is 118 Å². The molecule has 0 aromatic heterocycles. The van der Waals surface area contributed by atoms with Crippen LogP contribution in [0.5, 0.6) is 0 Å². The van der Waals surface area contributed by atoms with Crippen LogP contribution < -0.4 is 10.6 Å². The second-order valence-corrected chi connectivity index (χ2v) is 5.17. The first kappa shape index (κ1) is 15.9. The van der Waals surface area contributed by atoms with Crippen molar-refractivity contribution in [1.29, 1.82) is 0 Å². The van der Waals surface area contributed by atoms with Crippen LogP contribution in [0.25, 0.3) is 0 Å². The summed E-state index contributed by atoms with van der Waals surface area (Å²) in [4.78, 5) is 22.6. The fourth-order valence-corrected chi connectivity index (χ4v) is 1.62. The molecule has 1 aromatic rings. The lowest BCUT2D eigenvalue weighted by molar-refractivity contribution is -0.385. The van der Waals surface area contributed by atoms with Gasteiger partial charge >= 0.3 is 0 Å². The van der Waals surface area contributed by atoms with Crippen molar-refractivity contribution < 1.29 is 9.72 Å². The normalized spacial score (nSPS) is 12.1. The van der Waals surface area contributed by atoms with Gasteiger partial charge < -0.3 is 10.6 Å². The van der Waals surface area contributed by atoms with Gasteiger partial charge in [0.15, 0.2) is 0 Å². The number of carbonyl (C=O) groups excluding carboxylic acids is 1. The molecule has 0 saturated carbocycles. The van der Waals surface area contributed by atoms with E-state index in [1.165, 1.54) is 12.1 Å². The zero-order chi connectivity index (χ0) is 15.3. The predicted octanol–water partition coefficient (Wildman–Crippen LogP) is 2.66. The molecule has 0 heterocycles. The highest BCUT2D eigenvalue weighted by molar-refractivity contribution is 5.99. The summed E-state index contributed by atoms with van der Waals surface area (Å²) in [6.45, 7) is 6.67. The van der Waals surface area contributed by atoms with Crippen LogP contribution in [0.15, 0.2) is 18.2 Å². The van der Waals surface area contributed by atoms with E-state index in [-0.39, 0.29) is 11.3 Å². The highest BCUT2D eigenvalue weighted by Gasteiger charge is 2.21. The summed E-state index contributed by atoms with van der Waals surface area (Å²) >= 11 is 0. The van der Waals surface area contributed by atoms with Crippen LogP contribution in [0.4, 0.5) is 11.4 Å². The molecule has 20 heavy (non-hydrogen) atoms. The number of hydrogen-bond acceptors (Lipinski definition) is 4. The molecule has 1 atom stereocenters. The summed E-state index contributed by atoms with van der Waals surface area (Å²) in [6.07, 6.45) is 0. The van der Waals surface area contributed by atoms with E-state index in [1.807, 2.05) is 6.92 Å². The number of anilines is 1. The maximum atomic E-state index is 12.1. The molecule has 1 aromatic carbocycles. The Bertz CT molecular complexity index is 500. The van der Waals surface area contributed by atoms with Crippen molar-refractivity contribution >= 4 is 17.3 Å². The molecule has 2 N–H and O–H groups in total. The minimum Gasteiger partial charge on any atom is -0.388 e. The van der Waals surface area contributed by atoms with E-state index in [2.05, 4.69) is 24.5 Å². The molecule has 110 valence electrons. The fourth-order valence-electron chi connectivity index (χ4n) is 1.62. The van der Waals surface area contributed by atoms with Gasteiger partial charge in [0, 0.05) is 25.3 Å². The molecular weight excluding hydrogens is 258 g/mol. The standard InChI is InChI=1S/C14H21N3O3/c1-9(2)10(3)8-16-14(18)12-7-11(15-4)5-6-13(12)17(19)20/h5-7,9-10,15H,8H2,1-4H3,(H,16,18). The first-order chi connectivity index (χ1) is 9.36. The van der Waals surface area contributed by atoms with Crippen LogP contribution in [-0.2, 0) is 0 Å². The monoisotopic (exact) mass is 279 g/mol.